The van der Waals surface area contributed by atoms with Crippen molar-refractivity contribution in [1.82, 2.24) is 0 Å². The molecule has 0 rings (SSSR count). The van der Waals surface area contributed by atoms with E-state index in [-0.39, 0.29) is 24.8 Å². The molecule has 0 aromatic carbocycles. The van der Waals surface area contributed by atoms with Gasteiger partial charge in [-0.05, 0) is 41.0 Å². The van der Waals surface area contributed by atoms with Gasteiger partial charge >= 0.3 is 5.97 Å². The fourth-order valence-electron chi connectivity index (χ4n) is 1.79. The molecule has 0 saturated carbocycles. The van der Waals surface area contributed by atoms with Crippen molar-refractivity contribution in [2.75, 3.05) is 13.2 Å². The predicted octanol–water partition coefficient (Wildman–Crippen LogP) is 3.72. The van der Waals surface area contributed by atoms with Gasteiger partial charge < -0.3 is 14.2 Å². The van der Waals surface area contributed by atoms with E-state index in [9.17, 15) is 4.79 Å². The molecule has 1 atom stereocenters. The molecule has 20 heavy (non-hydrogen) atoms. The molecule has 0 radical (unpaired) electrons. The molecule has 0 saturated heterocycles. The van der Waals surface area contributed by atoms with Crippen LogP contribution in [0.4, 0.5) is 0 Å². The number of ether oxygens (including phenoxy) is 3. The number of rotatable bonds is 11. The lowest BCUT2D eigenvalue weighted by Crippen LogP contribution is -2.38. The number of hydrogen-bond donors (Lipinski definition) is 0. The molecule has 0 N–H and O–H groups in total. The van der Waals surface area contributed by atoms with Crippen molar-refractivity contribution in [3.8, 4) is 0 Å². The monoisotopic (exact) mass is 288 g/mol. The van der Waals surface area contributed by atoms with Gasteiger partial charge in [-0.25, -0.2) is 4.79 Å². The third-order valence-electron chi connectivity index (χ3n) is 2.91. The summed E-state index contributed by atoms with van der Waals surface area (Å²) in [5.74, 6) is -0.327. The van der Waals surface area contributed by atoms with Gasteiger partial charge in [0.25, 0.3) is 0 Å². The van der Waals surface area contributed by atoms with E-state index < -0.39 is 5.60 Å². The number of hydrogen-bond acceptors (Lipinski definition) is 4. The lowest BCUT2D eigenvalue weighted by molar-refractivity contribution is -0.172. The Labute approximate surface area is 124 Å². The fraction of sp³-hybridized carbons (Fsp3) is 0.938. The highest BCUT2D eigenvalue weighted by molar-refractivity contribution is 5.78. The van der Waals surface area contributed by atoms with Crippen LogP contribution >= 0.6 is 0 Å². The highest BCUT2D eigenvalue weighted by Gasteiger charge is 2.30. The zero-order chi connectivity index (χ0) is 15.6. The Morgan fingerprint density at radius 1 is 1.10 bits per heavy atom. The summed E-state index contributed by atoms with van der Waals surface area (Å²) in [7, 11) is 0. The highest BCUT2D eigenvalue weighted by atomic mass is 16.6. The second-order valence-electron chi connectivity index (χ2n) is 6.01. The quantitative estimate of drug-likeness (QED) is 0.429. The molecular formula is C16H32O4. The molecule has 1 unspecified atom stereocenters. The predicted molar refractivity (Wildman–Crippen MR) is 80.8 cm³/mol. The van der Waals surface area contributed by atoms with Gasteiger partial charge in [0, 0.05) is 6.61 Å². The van der Waals surface area contributed by atoms with Gasteiger partial charge in [0.15, 0.2) is 5.60 Å². The molecule has 0 aromatic heterocycles. The maximum Gasteiger partial charge on any atom is 0.337 e. The molecule has 0 bridgehead atoms. The zero-order valence-electron chi connectivity index (χ0n) is 14.0. The van der Waals surface area contributed by atoms with Crippen LogP contribution in [0.1, 0.15) is 67.2 Å². The first kappa shape index (κ1) is 19.4. The van der Waals surface area contributed by atoms with Crippen molar-refractivity contribution in [1.29, 1.82) is 0 Å². The van der Waals surface area contributed by atoms with Crippen molar-refractivity contribution in [3.05, 3.63) is 0 Å². The largest absolute Gasteiger partial charge is 0.461 e. The fourth-order valence-corrected chi connectivity index (χ4v) is 1.79. The SMILES string of the molecule is CCCCCCOC(C)(C)C(=O)OCC(C)OC(C)C. The molecule has 120 valence electrons. The summed E-state index contributed by atoms with van der Waals surface area (Å²) < 4.78 is 16.4. The summed E-state index contributed by atoms with van der Waals surface area (Å²) in [4.78, 5) is 12.0. The van der Waals surface area contributed by atoms with E-state index in [0.717, 1.165) is 12.8 Å². The smallest absolute Gasteiger partial charge is 0.337 e. The number of esters is 1. The summed E-state index contributed by atoms with van der Waals surface area (Å²) in [5, 5.41) is 0. The van der Waals surface area contributed by atoms with Gasteiger partial charge in [0.05, 0.1) is 12.2 Å². The molecule has 4 nitrogen and oxygen atoms in total. The number of carbonyl (C=O) groups is 1. The van der Waals surface area contributed by atoms with Crippen LogP contribution in [0.3, 0.4) is 0 Å². The lowest BCUT2D eigenvalue weighted by Gasteiger charge is -2.24. The molecule has 0 fully saturated rings. The van der Waals surface area contributed by atoms with E-state index in [1.807, 2.05) is 20.8 Å². The van der Waals surface area contributed by atoms with E-state index in [1.165, 1.54) is 12.8 Å². The van der Waals surface area contributed by atoms with Crippen LogP contribution in [-0.2, 0) is 19.0 Å². The average Bonchev–Trinajstić information content (AvgIpc) is 2.34. The van der Waals surface area contributed by atoms with Crippen LogP contribution in [-0.4, -0.2) is 37.0 Å². The van der Waals surface area contributed by atoms with Gasteiger partial charge in [-0.3, -0.25) is 0 Å². The second kappa shape index (κ2) is 10.2. The van der Waals surface area contributed by atoms with Crippen LogP contribution in [0, 0.1) is 0 Å². The third kappa shape index (κ3) is 9.32. The Hall–Kier alpha value is -0.610. The van der Waals surface area contributed by atoms with Crippen molar-refractivity contribution in [3.63, 3.8) is 0 Å². The van der Waals surface area contributed by atoms with Gasteiger partial charge in [0.1, 0.15) is 6.61 Å². The average molecular weight is 288 g/mol. The standard InChI is InChI=1S/C16H32O4/c1-7-8-9-10-11-19-16(5,6)15(17)18-12-14(4)20-13(2)3/h13-14H,7-12H2,1-6H3. The minimum Gasteiger partial charge on any atom is -0.461 e. The maximum atomic E-state index is 12.0. The molecule has 0 amide bonds. The lowest BCUT2D eigenvalue weighted by atomic mass is 10.1. The summed E-state index contributed by atoms with van der Waals surface area (Å²) >= 11 is 0. The van der Waals surface area contributed by atoms with E-state index in [2.05, 4.69) is 6.92 Å². The first-order valence-corrected chi connectivity index (χ1v) is 7.76. The van der Waals surface area contributed by atoms with Crippen LogP contribution in [0.5, 0.6) is 0 Å². The van der Waals surface area contributed by atoms with Crippen LogP contribution in [0.25, 0.3) is 0 Å². The first-order chi connectivity index (χ1) is 9.29. The molecule has 0 heterocycles. The summed E-state index contributed by atoms with van der Waals surface area (Å²) in [6, 6.07) is 0. The minimum atomic E-state index is -0.885. The van der Waals surface area contributed by atoms with Crippen LogP contribution in [0.2, 0.25) is 0 Å². The van der Waals surface area contributed by atoms with Crippen LogP contribution < -0.4 is 0 Å². The molecule has 0 aliphatic heterocycles. The Morgan fingerprint density at radius 2 is 1.75 bits per heavy atom. The Morgan fingerprint density at radius 3 is 2.30 bits per heavy atom. The molecule has 4 heteroatoms. The van der Waals surface area contributed by atoms with Gasteiger partial charge in [0.2, 0.25) is 0 Å². The van der Waals surface area contributed by atoms with Gasteiger partial charge in [-0.2, -0.15) is 0 Å². The normalized spacial score (nSPS) is 13.6. The molecule has 0 aliphatic carbocycles. The Kier molecular flexibility index (Phi) is 9.86. The van der Waals surface area contributed by atoms with E-state index in [1.54, 1.807) is 13.8 Å². The Balaban J connectivity index is 3.92. The van der Waals surface area contributed by atoms with E-state index in [0.29, 0.717) is 6.61 Å². The second-order valence-corrected chi connectivity index (χ2v) is 6.01. The topological polar surface area (TPSA) is 44.8 Å². The van der Waals surface area contributed by atoms with Gasteiger partial charge in [-0.15, -0.1) is 0 Å². The van der Waals surface area contributed by atoms with E-state index in [4.69, 9.17) is 14.2 Å². The van der Waals surface area contributed by atoms with Crippen LogP contribution in [0.15, 0.2) is 0 Å². The number of unbranched alkanes of at least 4 members (excludes halogenated alkanes) is 3. The first-order valence-electron chi connectivity index (χ1n) is 7.76. The zero-order valence-corrected chi connectivity index (χ0v) is 14.0. The molecule has 0 aromatic rings. The van der Waals surface area contributed by atoms with Crippen molar-refractivity contribution < 1.29 is 19.0 Å². The van der Waals surface area contributed by atoms with Crippen molar-refractivity contribution in [2.24, 2.45) is 0 Å². The summed E-state index contributed by atoms with van der Waals surface area (Å²) in [6.07, 6.45) is 4.56. The maximum absolute atomic E-state index is 12.0. The van der Waals surface area contributed by atoms with Crippen molar-refractivity contribution >= 4 is 5.97 Å². The van der Waals surface area contributed by atoms with Gasteiger partial charge in [-0.1, -0.05) is 26.2 Å². The molecule has 0 aliphatic rings. The number of carbonyl (C=O) groups excluding carboxylic acids is 1. The third-order valence-corrected chi connectivity index (χ3v) is 2.91. The highest BCUT2D eigenvalue weighted by Crippen LogP contribution is 2.14. The summed E-state index contributed by atoms with van der Waals surface area (Å²) in [6.45, 7) is 12.4. The molecule has 0 spiro atoms. The van der Waals surface area contributed by atoms with E-state index >= 15 is 0 Å². The van der Waals surface area contributed by atoms with Crippen molar-refractivity contribution in [2.45, 2.75) is 85.0 Å². The summed E-state index contributed by atoms with van der Waals surface area (Å²) in [5.41, 5.74) is -0.885. The minimum absolute atomic E-state index is 0.0979. The molecular weight excluding hydrogens is 256 g/mol. The Bertz CT molecular complexity index is 261.